The number of carbonyl (C=O) groups excluding carboxylic acids is 3. The van der Waals surface area contributed by atoms with Crippen molar-refractivity contribution in [2.75, 3.05) is 13.2 Å². The average molecular weight is 533 g/mol. The van der Waals surface area contributed by atoms with Crippen molar-refractivity contribution in [3.05, 3.63) is 59.1 Å². The number of Topliss-reactive ketones (excluding diaryl/α,β-unsaturated/α-hetero) is 3. The minimum absolute atomic E-state index is 0.0721. The second-order valence-electron chi connectivity index (χ2n) is 10.6. The Morgan fingerprint density at radius 3 is 2.29 bits per heavy atom. The summed E-state index contributed by atoms with van der Waals surface area (Å²) in [5.74, 6) is -8.66. The Morgan fingerprint density at radius 1 is 1.05 bits per heavy atom. The number of hydrogen-bond acceptors (Lipinski definition) is 10. The third-order valence-electron chi connectivity index (χ3n) is 8.14. The lowest BCUT2D eigenvalue weighted by molar-refractivity contribution is -0.333. The molecular weight excluding hydrogens is 496 g/mol. The van der Waals surface area contributed by atoms with E-state index in [1.54, 1.807) is 6.08 Å². The number of hydrogen-bond donors (Lipinski definition) is 6. The third-order valence-corrected chi connectivity index (χ3v) is 8.14. The lowest BCUT2D eigenvalue weighted by Gasteiger charge is -2.53. The summed E-state index contributed by atoms with van der Waals surface area (Å²) < 4.78 is 5.95. The molecule has 0 bridgehead atoms. The first-order chi connectivity index (χ1) is 17.7. The topological polar surface area (TPSA) is 182 Å². The number of carbonyl (C=O) groups is 3. The van der Waals surface area contributed by atoms with Gasteiger partial charge in [0.2, 0.25) is 5.79 Å². The molecule has 0 aromatic heterocycles. The van der Waals surface area contributed by atoms with Crippen LogP contribution >= 0.6 is 0 Å². The molecular formula is C28H36O10. The highest BCUT2D eigenvalue weighted by Gasteiger charge is 2.82. The number of ketones is 3. The fraction of sp³-hybridized carbons (Fsp3) is 0.536. The van der Waals surface area contributed by atoms with Crippen LogP contribution < -0.4 is 0 Å². The summed E-state index contributed by atoms with van der Waals surface area (Å²) in [7, 11) is 0. The summed E-state index contributed by atoms with van der Waals surface area (Å²) in [6.45, 7) is 4.66. The van der Waals surface area contributed by atoms with Crippen molar-refractivity contribution in [2.24, 2.45) is 17.3 Å². The monoisotopic (exact) mass is 532 g/mol. The fourth-order valence-electron chi connectivity index (χ4n) is 6.24. The predicted molar refractivity (Wildman–Crippen MR) is 136 cm³/mol. The minimum Gasteiger partial charge on any atom is -0.508 e. The Balaban J connectivity index is 2.24. The molecule has 0 amide bonds. The van der Waals surface area contributed by atoms with Crippen molar-refractivity contribution in [3.63, 3.8) is 0 Å². The summed E-state index contributed by atoms with van der Waals surface area (Å²) >= 11 is 0. The summed E-state index contributed by atoms with van der Waals surface area (Å²) in [6.07, 6.45) is 8.10. The van der Waals surface area contributed by atoms with Gasteiger partial charge in [0.15, 0.2) is 11.6 Å². The molecule has 6 N–H and O–H groups in total. The predicted octanol–water partition coefficient (Wildman–Crippen LogP) is 1.66. The van der Waals surface area contributed by atoms with E-state index in [2.05, 4.69) is 0 Å². The van der Waals surface area contributed by atoms with E-state index in [-0.39, 0.29) is 37.2 Å². The maximum absolute atomic E-state index is 14.1. The normalized spacial score (nSPS) is 38.9. The molecule has 3 aliphatic rings. The van der Waals surface area contributed by atoms with Crippen molar-refractivity contribution in [2.45, 2.75) is 63.9 Å². The summed E-state index contributed by atoms with van der Waals surface area (Å²) in [5.41, 5.74) is -6.74. The van der Waals surface area contributed by atoms with Crippen LogP contribution in [0.3, 0.4) is 0 Å². The van der Waals surface area contributed by atoms with E-state index in [0.717, 1.165) is 0 Å². The minimum atomic E-state index is -2.66. The van der Waals surface area contributed by atoms with E-state index in [1.807, 2.05) is 0 Å². The second-order valence-corrected chi connectivity index (χ2v) is 10.6. The first kappa shape index (κ1) is 29.7. The van der Waals surface area contributed by atoms with Crippen LogP contribution in [-0.2, 0) is 19.1 Å². The summed E-state index contributed by atoms with van der Waals surface area (Å²) in [4.78, 5) is 40.7. The molecule has 10 heteroatoms. The summed E-state index contributed by atoms with van der Waals surface area (Å²) in [6, 6.07) is 0. The Labute approximate surface area is 220 Å². The van der Waals surface area contributed by atoms with Crippen LogP contribution in [0.2, 0.25) is 0 Å². The van der Waals surface area contributed by atoms with Crippen molar-refractivity contribution < 1.29 is 49.8 Å². The van der Waals surface area contributed by atoms with Gasteiger partial charge in [0.1, 0.15) is 28.5 Å². The Kier molecular flexibility index (Phi) is 8.08. The van der Waals surface area contributed by atoms with Gasteiger partial charge in [-0.15, -0.1) is 0 Å². The molecule has 1 saturated carbocycles. The average Bonchev–Trinajstić information content (AvgIpc) is 3.06. The quantitative estimate of drug-likeness (QED) is 0.116. The van der Waals surface area contributed by atoms with Crippen LogP contribution in [0.5, 0.6) is 0 Å². The molecule has 0 aromatic carbocycles. The van der Waals surface area contributed by atoms with Gasteiger partial charge in [0.05, 0.1) is 24.5 Å². The van der Waals surface area contributed by atoms with E-state index in [9.17, 15) is 34.8 Å². The standard InChI is InChI=1S/C28H36O10/c1-16-21(33)20(19(32)12-8-6-10-14-30)22-26(3)24(35)17(18(31)11-7-5-9-13-29)15-25(2,36)28(26,37)38-27(22,4)23(16)34/h5-6,8-10,12,17,22,29-30,32-33,36-37H,7,11,13-15H2,1-4H3/b9-5-,10-6-,12-8-,20-19-/t17-,22+,25-,26+,27-,28-/m0/s1. The molecule has 38 heavy (non-hydrogen) atoms. The van der Waals surface area contributed by atoms with Crippen molar-refractivity contribution >= 4 is 17.3 Å². The van der Waals surface area contributed by atoms with E-state index < -0.39 is 69.5 Å². The van der Waals surface area contributed by atoms with E-state index in [1.165, 1.54) is 58.1 Å². The molecule has 10 nitrogen and oxygen atoms in total. The van der Waals surface area contributed by atoms with Crippen molar-refractivity contribution in [1.82, 2.24) is 0 Å². The molecule has 0 spiro atoms. The van der Waals surface area contributed by atoms with Crippen LogP contribution in [0, 0.1) is 17.3 Å². The maximum Gasteiger partial charge on any atom is 0.209 e. The number of allylic oxidation sites excluding steroid dienone is 5. The van der Waals surface area contributed by atoms with Gasteiger partial charge in [-0.2, -0.15) is 0 Å². The zero-order valence-corrected chi connectivity index (χ0v) is 22.0. The number of rotatable bonds is 8. The van der Waals surface area contributed by atoms with Gasteiger partial charge in [-0.1, -0.05) is 30.4 Å². The highest BCUT2D eigenvalue weighted by atomic mass is 16.7. The first-order valence-corrected chi connectivity index (χ1v) is 12.5. The maximum atomic E-state index is 14.1. The largest absolute Gasteiger partial charge is 0.508 e. The number of fused-ring (bicyclic) bond motifs is 3. The number of aliphatic hydroxyl groups is 6. The van der Waals surface area contributed by atoms with Gasteiger partial charge < -0.3 is 35.4 Å². The van der Waals surface area contributed by atoms with Crippen LogP contribution in [0.15, 0.2) is 59.1 Å². The molecule has 1 aliphatic heterocycles. The van der Waals surface area contributed by atoms with E-state index >= 15 is 0 Å². The number of ether oxygens (including phenoxy) is 1. The van der Waals surface area contributed by atoms with Gasteiger partial charge in [-0.3, -0.25) is 14.4 Å². The van der Waals surface area contributed by atoms with Gasteiger partial charge in [0.25, 0.3) is 0 Å². The zero-order chi connectivity index (χ0) is 28.7. The van der Waals surface area contributed by atoms with Crippen LogP contribution in [0.4, 0.5) is 0 Å². The van der Waals surface area contributed by atoms with Crippen LogP contribution in [0.1, 0.15) is 47.0 Å². The second kappa shape index (κ2) is 10.3. The molecule has 2 aliphatic carbocycles. The Morgan fingerprint density at radius 2 is 1.68 bits per heavy atom. The highest BCUT2D eigenvalue weighted by molar-refractivity contribution is 6.10. The molecule has 208 valence electrons. The fourth-order valence-corrected chi connectivity index (χ4v) is 6.24. The molecule has 0 aromatic rings. The SMILES string of the molecule is CC1=C(O)\C(=C(O)/C=C\C=C/CO)[C@@H]2[C@]3(C)C(=O)[C@H](C(=O)CC/C=C\CO)C[C@](C)(O)[C@]3(O)O[C@]2(C)C1=O. The molecule has 1 heterocycles. The summed E-state index contributed by atoms with van der Waals surface area (Å²) in [5, 5.41) is 63.3. The zero-order valence-electron chi connectivity index (χ0n) is 22.0. The van der Waals surface area contributed by atoms with E-state index in [0.29, 0.717) is 0 Å². The van der Waals surface area contributed by atoms with E-state index in [4.69, 9.17) is 14.9 Å². The molecule has 2 fully saturated rings. The van der Waals surface area contributed by atoms with Gasteiger partial charge in [-0.05, 0) is 46.6 Å². The lowest BCUT2D eigenvalue weighted by atomic mass is 9.51. The highest BCUT2D eigenvalue weighted by Crippen LogP contribution is 2.67. The lowest BCUT2D eigenvalue weighted by Crippen LogP contribution is -2.70. The van der Waals surface area contributed by atoms with Crippen LogP contribution in [0.25, 0.3) is 0 Å². The smallest absolute Gasteiger partial charge is 0.209 e. The van der Waals surface area contributed by atoms with Gasteiger partial charge >= 0.3 is 0 Å². The molecule has 0 radical (unpaired) electrons. The third kappa shape index (κ3) is 4.20. The van der Waals surface area contributed by atoms with Gasteiger partial charge in [-0.25, -0.2) is 0 Å². The number of aliphatic hydroxyl groups excluding tert-OH is 4. The molecule has 0 unspecified atom stereocenters. The van der Waals surface area contributed by atoms with Gasteiger partial charge in [0, 0.05) is 23.5 Å². The molecule has 6 atom stereocenters. The van der Waals surface area contributed by atoms with Crippen LogP contribution in [-0.4, -0.2) is 78.2 Å². The first-order valence-electron chi connectivity index (χ1n) is 12.5. The molecule has 1 saturated heterocycles. The van der Waals surface area contributed by atoms with Crippen molar-refractivity contribution in [3.8, 4) is 0 Å². The Bertz CT molecular complexity index is 1170. The Hall–Kier alpha value is -2.89. The van der Waals surface area contributed by atoms with Crippen molar-refractivity contribution in [1.29, 1.82) is 0 Å². The molecule has 3 rings (SSSR count).